The van der Waals surface area contributed by atoms with Crippen LogP contribution in [-0.4, -0.2) is 37.0 Å². The van der Waals surface area contributed by atoms with Gasteiger partial charge in [0.2, 0.25) is 0 Å². The second-order valence-electron chi connectivity index (χ2n) is 7.71. The van der Waals surface area contributed by atoms with E-state index in [1.807, 2.05) is 31.2 Å². The Bertz CT molecular complexity index is 1560. The largest absolute Gasteiger partial charge is 0.344 e. The molecule has 9 heteroatoms. The summed E-state index contributed by atoms with van der Waals surface area (Å²) in [6, 6.07) is 11.5. The topological polar surface area (TPSA) is 121 Å². The van der Waals surface area contributed by atoms with Gasteiger partial charge in [-0.3, -0.25) is 4.79 Å². The summed E-state index contributed by atoms with van der Waals surface area (Å²) >= 11 is 0. The second-order valence-corrected chi connectivity index (χ2v) is 7.71. The van der Waals surface area contributed by atoms with E-state index >= 15 is 0 Å². The summed E-state index contributed by atoms with van der Waals surface area (Å²) in [6.07, 6.45) is 2.40. The summed E-state index contributed by atoms with van der Waals surface area (Å²) in [4.78, 5) is 38.5. The fraction of sp³-hybridized carbons (Fsp3) is 0.217. The SMILES string of the molecule is CC(=O)On1ncc2cc3[nH]c(=O)c(-c4c(C)n(CCCN)c5ccccc45)nc3cc21. The molecule has 162 valence electrons. The Morgan fingerprint density at radius 2 is 2.03 bits per heavy atom. The van der Waals surface area contributed by atoms with Crippen molar-refractivity contribution in [1.29, 1.82) is 0 Å². The fourth-order valence-electron chi connectivity index (χ4n) is 4.22. The van der Waals surface area contributed by atoms with Gasteiger partial charge >= 0.3 is 5.97 Å². The molecule has 0 spiro atoms. The van der Waals surface area contributed by atoms with E-state index in [9.17, 15) is 9.59 Å². The third kappa shape index (κ3) is 3.14. The van der Waals surface area contributed by atoms with Gasteiger partial charge in [-0.05, 0) is 38.1 Å². The lowest BCUT2D eigenvalue weighted by molar-refractivity contribution is -0.142. The first-order chi connectivity index (χ1) is 15.5. The molecule has 0 amide bonds. The molecule has 3 aromatic heterocycles. The highest BCUT2D eigenvalue weighted by Gasteiger charge is 2.20. The quantitative estimate of drug-likeness (QED) is 0.442. The fourth-order valence-corrected chi connectivity index (χ4v) is 4.22. The average molecular weight is 430 g/mol. The third-order valence-corrected chi connectivity index (χ3v) is 5.62. The molecule has 5 aromatic rings. The number of nitrogens with two attached hydrogens (primary N) is 1. The lowest BCUT2D eigenvalue weighted by Crippen LogP contribution is -2.17. The number of carbonyl (C=O) groups is 1. The van der Waals surface area contributed by atoms with E-state index in [1.165, 1.54) is 6.92 Å². The summed E-state index contributed by atoms with van der Waals surface area (Å²) in [5.74, 6) is -0.480. The smallest absolute Gasteiger partial charge is 0.331 e. The van der Waals surface area contributed by atoms with Gasteiger partial charge in [0.05, 0.1) is 17.2 Å². The predicted octanol–water partition coefficient (Wildman–Crippen LogP) is 2.53. The van der Waals surface area contributed by atoms with Gasteiger partial charge in [-0.15, -0.1) is 5.10 Å². The average Bonchev–Trinajstić information content (AvgIpc) is 3.27. The zero-order valence-corrected chi connectivity index (χ0v) is 17.8. The van der Waals surface area contributed by atoms with Gasteiger partial charge in [0, 0.05) is 41.0 Å². The van der Waals surface area contributed by atoms with E-state index in [4.69, 9.17) is 15.6 Å². The van der Waals surface area contributed by atoms with Crippen molar-refractivity contribution in [1.82, 2.24) is 24.5 Å². The Morgan fingerprint density at radius 1 is 1.22 bits per heavy atom. The molecule has 0 saturated heterocycles. The van der Waals surface area contributed by atoms with Gasteiger partial charge in [0.15, 0.2) is 0 Å². The van der Waals surface area contributed by atoms with Crippen LogP contribution in [0.2, 0.25) is 0 Å². The lowest BCUT2D eigenvalue weighted by atomic mass is 10.1. The van der Waals surface area contributed by atoms with Crippen molar-refractivity contribution in [3.8, 4) is 11.3 Å². The maximum Gasteiger partial charge on any atom is 0.331 e. The summed E-state index contributed by atoms with van der Waals surface area (Å²) < 4.78 is 2.18. The van der Waals surface area contributed by atoms with Crippen LogP contribution in [0.3, 0.4) is 0 Å². The minimum absolute atomic E-state index is 0.269. The van der Waals surface area contributed by atoms with Crippen LogP contribution in [-0.2, 0) is 11.3 Å². The molecular formula is C23H22N6O3. The van der Waals surface area contributed by atoms with E-state index in [-0.39, 0.29) is 5.56 Å². The molecule has 3 N–H and O–H groups in total. The highest BCUT2D eigenvalue weighted by atomic mass is 16.7. The zero-order valence-electron chi connectivity index (χ0n) is 17.8. The van der Waals surface area contributed by atoms with Gasteiger partial charge in [0.1, 0.15) is 11.2 Å². The Kier molecular flexibility index (Phi) is 4.75. The number of carbonyl (C=O) groups excluding carboxylic acids is 1. The Balaban J connectivity index is 1.75. The lowest BCUT2D eigenvalue weighted by Gasteiger charge is -2.08. The number of nitrogens with one attached hydrogen (secondary N) is 1. The van der Waals surface area contributed by atoms with E-state index < -0.39 is 5.97 Å². The number of nitrogens with zero attached hydrogens (tertiary/aromatic N) is 4. The summed E-state index contributed by atoms with van der Waals surface area (Å²) in [5.41, 5.74) is 10.3. The number of H-pyrrole nitrogens is 1. The van der Waals surface area contributed by atoms with Crippen LogP contribution in [0.15, 0.2) is 47.4 Å². The number of hydrogen-bond donors (Lipinski definition) is 2. The summed E-state index contributed by atoms with van der Waals surface area (Å²) in [7, 11) is 0. The molecule has 5 rings (SSSR count). The molecule has 0 unspecified atom stereocenters. The van der Waals surface area contributed by atoms with Crippen molar-refractivity contribution in [2.45, 2.75) is 26.8 Å². The first kappa shape index (κ1) is 20.0. The standard InChI is InChI=1S/C23H22N6O3/c1-13-21(16-6-3-4-7-19(16)28(13)9-5-8-24)22-23(31)27-17-10-15-12-25-29(32-14(2)30)20(15)11-18(17)26-22/h3-4,6-7,10-12H,5,8-9,24H2,1-2H3,(H,27,31). The van der Waals surface area contributed by atoms with Gasteiger partial charge in [-0.2, -0.15) is 0 Å². The number of aromatic amines is 1. The van der Waals surface area contributed by atoms with E-state index in [0.29, 0.717) is 28.8 Å². The molecule has 0 fully saturated rings. The number of aryl methyl sites for hydroxylation is 1. The molecule has 32 heavy (non-hydrogen) atoms. The van der Waals surface area contributed by atoms with Crippen molar-refractivity contribution in [3.63, 3.8) is 0 Å². The summed E-state index contributed by atoms with van der Waals surface area (Å²) in [6.45, 7) is 4.65. The number of benzene rings is 2. The minimum Gasteiger partial charge on any atom is -0.344 e. The maximum absolute atomic E-state index is 13.1. The predicted molar refractivity (Wildman–Crippen MR) is 122 cm³/mol. The Hall–Kier alpha value is -3.98. The van der Waals surface area contributed by atoms with Gasteiger partial charge in [0.25, 0.3) is 5.56 Å². The van der Waals surface area contributed by atoms with Crippen molar-refractivity contribution in [3.05, 3.63) is 58.6 Å². The minimum atomic E-state index is -0.480. The maximum atomic E-state index is 13.1. The molecule has 0 aliphatic carbocycles. The van der Waals surface area contributed by atoms with Gasteiger partial charge in [-0.25, -0.2) is 9.78 Å². The van der Waals surface area contributed by atoms with Crippen molar-refractivity contribution < 1.29 is 9.63 Å². The molecule has 0 bridgehead atoms. The van der Waals surface area contributed by atoms with Crippen LogP contribution < -0.4 is 16.1 Å². The van der Waals surface area contributed by atoms with Crippen LogP contribution >= 0.6 is 0 Å². The first-order valence-electron chi connectivity index (χ1n) is 10.4. The van der Waals surface area contributed by atoms with Gasteiger partial charge in [-0.1, -0.05) is 23.0 Å². The monoisotopic (exact) mass is 430 g/mol. The van der Waals surface area contributed by atoms with Crippen molar-refractivity contribution in [2.24, 2.45) is 5.73 Å². The van der Waals surface area contributed by atoms with E-state index in [1.54, 1.807) is 18.3 Å². The Morgan fingerprint density at radius 3 is 2.81 bits per heavy atom. The number of rotatable bonds is 5. The molecule has 9 nitrogen and oxygen atoms in total. The van der Waals surface area contributed by atoms with Crippen LogP contribution in [0.25, 0.3) is 44.1 Å². The summed E-state index contributed by atoms with van der Waals surface area (Å²) in [5, 5.41) is 5.77. The van der Waals surface area contributed by atoms with E-state index in [2.05, 4.69) is 14.6 Å². The number of aromatic nitrogens is 5. The van der Waals surface area contributed by atoms with Crippen molar-refractivity contribution >= 4 is 38.8 Å². The highest BCUT2D eigenvalue weighted by Crippen LogP contribution is 2.33. The van der Waals surface area contributed by atoms with Crippen LogP contribution in [0.4, 0.5) is 0 Å². The van der Waals surface area contributed by atoms with E-state index in [0.717, 1.165) is 45.4 Å². The van der Waals surface area contributed by atoms with Crippen LogP contribution in [0.5, 0.6) is 0 Å². The first-order valence-corrected chi connectivity index (χ1v) is 10.4. The third-order valence-electron chi connectivity index (χ3n) is 5.62. The normalized spacial score (nSPS) is 11.6. The molecule has 0 aliphatic heterocycles. The number of fused-ring (bicyclic) bond motifs is 3. The van der Waals surface area contributed by atoms with Gasteiger partial charge < -0.3 is 20.1 Å². The van der Waals surface area contributed by atoms with Crippen molar-refractivity contribution in [2.75, 3.05) is 6.54 Å². The Labute approximate surface area is 182 Å². The molecule has 0 saturated carbocycles. The molecule has 0 aliphatic rings. The molecule has 3 heterocycles. The molecule has 0 atom stereocenters. The second kappa shape index (κ2) is 7.61. The number of hydrogen-bond acceptors (Lipinski definition) is 6. The molecular weight excluding hydrogens is 408 g/mol. The zero-order chi connectivity index (χ0) is 22.4. The molecule has 0 radical (unpaired) electrons. The van der Waals surface area contributed by atoms with Crippen LogP contribution in [0.1, 0.15) is 19.0 Å². The molecule has 2 aromatic carbocycles. The number of para-hydroxylation sites is 1. The van der Waals surface area contributed by atoms with Crippen LogP contribution in [0, 0.1) is 6.92 Å². The highest BCUT2D eigenvalue weighted by molar-refractivity contribution is 5.99.